The Morgan fingerprint density at radius 2 is 1.76 bits per heavy atom. The third kappa shape index (κ3) is 3.82. The maximum atomic E-state index is 13.6. The van der Waals surface area contributed by atoms with E-state index in [4.69, 9.17) is 0 Å². The lowest BCUT2D eigenvalue weighted by atomic mass is 9.80. The fourth-order valence-corrected chi connectivity index (χ4v) is 5.62. The van der Waals surface area contributed by atoms with Gasteiger partial charge in [-0.2, -0.15) is 0 Å². The summed E-state index contributed by atoms with van der Waals surface area (Å²) in [4.78, 5) is 26.0. The number of fused-ring (bicyclic) bond motifs is 1. The highest BCUT2D eigenvalue weighted by Crippen LogP contribution is 2.45. The minimum Gasteiger partial charge on any atom is -0.372 e. The number of rotatable bonds is 3. The molecule has 2 heterocycles. The summed E-state index contributed by atoms with van der Waals surface area (Å²) in [6.07, 6.45) is 1.15. The topological polar surface area (TPSA) is 84.3 Å². The van der Waals surface area contributed by atoms with Crippen molar-refractivity contribution in [1.29, 1.82) is 0 Å². The van der Waals surface area contributed by atoms with Crippen LogP contribution in [0.1, 0.15) is 51.9 Å². The number of Topliss-reactive ketones (excluding diaryl/α,β-unsaturated/α-hetero) is 1. The molecule has 0 bridgehead atoms. The first-order valence-electron chi connectivity index (χ1n) is 11.0. The standard InChI is InChI=1S/C26H25N3O3S/c1-14-6-7-17(12-22(14)29(31)32)26-25-21(11-18(13-23(25)30)24-5-4-8-33-24)27-19-9-15(2)16(3)10-20(19)28-26/h4-10,12,18,26-28H,11,13H2,1-3H3/t18-,26+/m0/s1. The first kappa shape index (κ1) is 21.4. The molecule has 33 heavy (non-hydrogen) atoms. The monoisotopic (exact) mass is 459 g/mol. The molecule has 2 aliphatic rings. The van der Waals surface area contributed by atoms with Gasteiger partial charge in [0.15, 0.2) is 5.78 Å². The van der Waals surface area contributed by atoms with Gasteiger partial charge in [-0.15, -0.1) is 11.3 Å². The fourth-order valence-electron chi connectivity index (χ4n) is 4.79. The normalized spacial score (nSPS) is 19.8. The van der Waals surface area contributed by atoms with Gasteiger partial charge in [0.05, 0.1) is 22.3 Å². The molecule has 2 aromatic carbocycles. The molecule has 0 saturated carbocycles. The van der Waals surface area contributed by atoms with Gasteiger partial charge in [-0.1, -0.05) is 18.2 Å². The Labute approximate surface area is 196 Å². The maximum absolute atomic E-state index is 13.6. The zero-order valence-electron chi connectivity index (χ0n) is 18.8. The maximum Gasteiger partial charge on any atom is 0.272 e. The van der Waals surface area contributed by atoms with Crippen molar-refractivity contribution >= 4 is 34.2 Å². The Kier molecular flexibility index (Phi) is 5.29. The van der Waals surface area contributed by atoms with Gasteiger partial charge in [0.1, 0.15) is 0 Å². The Hall–Kier alpha value is -3.45. The van der Waals surface area contributed by atoms with E-state index in [2.05, 4.69) is 42.7 Å². The molecule has 7 heteroatoms. The molecule has 3 aromatic rings. The Balaban J connectivity index is 1.67. The van der Waals surface area contributed by atoms with Gasteiger partial charge in [-0.25, -0.2) is 0 Å². The van der Waals surface area contributed by atoms with E-state index in [9.17, 15) is 14.9 Å². The van der Waals surface area contributed by atoms with Gasteiger partial charge >= 0.3 is 0 Å². The summed E-state index contributed by atoms with van der Waals surface area (Å²) in [5, 5.41) is 20.8. The average Bonchev–Trinajstić information content (AvgIpc) is 3.26. The van der Waals surface area contributed by atoms with E-state index in [0.717, 1.165) is 40.2 Å². The second-order valence-corrected chi connectivity index (χ2v) is 9.90. The molecule has 6 nitrogen and oxygen atoms in total. The van der Waals surface area contributed by atoms with Crippen LogP contribution in [0.15, 0.2) is 59.1 Å². The first-order chi connectivity index (χ1) is 15.8. The van der Waals surface area contributed by atoms with Crippen molar-refractivity contribution in [3.05, 3.63) is 96.4 Å². The molecule has 0 spiro atoms. The Morgan fingerprint density at radius 3 is 2.45 bits per heavy atom. The van der Waals surface area contributed by atoms with Crippen molar-refractivity contribution in [2.24, 2.45) is 0 Å². The minimum absolute atomic E-state index is 0.0636. The number of ketones is 1. The van der Waals surface area contributed by atoms with Crippen LogP contribution in [0.3, 0.4) is 0 Å². The van der Waals surface area contributed by atoms with E-state index in [0.29, 0.717) is 17.6 Å². The van der Waals surface area contributed by atoms with Crippen LogP contribution in [0.2, 0.25) is 0 Å². The van der Waals surface area contributed by atoms with Crippen molar-refractivity contribution in [1.82, 2.24) is 0 Å². The molecule has 0 fully saturated rings. The van der Waals surface area contributed by atoms with Crippen LogP contribution in [0.4, 0.5) is 17.1 Å². The molecule has 1 aliphatic carbocycles. The van der Waals surface area contributed by atoms with Gasteiger partial charge in [0, 0.05) is 40.1 Å². The van der Waals surface area contributed by atoms with Gasteiger partial charge in [-0.05, 0) is 67.5 Å². The predicted molar refractivity (Wildman–Crippen MR) is 132 cm³/mol. The molecule has 0 saturated heterocycles. The molecule has 0 amide bonds. The number of hydrogen-bond donors (Lipinski definition) is 2. The number of hydrogen-bond acceptors (Lipinski definition) is 6. The SMILES string of the molecule is Cc1cc2c(cc1C)N[C@H](c1ccc(C)c([N+](=O)[O-])c1)C1=C(C[C@H](c3cccs3)CC1=O)N2. The number of allylic oxidation sites excluding steroid dienone is 1. The van der Waals surface area contributed by atoms with Crippen LogP contribution in [0.5, 0.6) is 0 Å². The van der Waals surface area contributed by atoms with E-state index >= 15 is 0 Å². The van der Waals surface area contributed by atoms with Gasteiger partial charge < -0.3 is 10.6 Å². The molecule has 0 radical (unpaired) electrons. The van der Waals surface area contributed by atoms with E-state index < -0.39 is 6.04 Å². The van der Waals surface area contributed by atoms with Crippen molar-refractivity contribution in [2.45, 2.75) is 45.6 Å². The summed E-state index contributed by atoms with van der Waals surface area (Å²) >= 11 is 1.68. The van der Waals surface area contributed by atoms with Gasteiger partial charge in [0.25, 0.3) is 5.69 Å². The summed E-state index contributed by atoms with van der Waals surface area (Å²) in [5.41, 5.74) is 7.06. The second kappa shape index (κ2) is 8.15. The highest BCUT2D eigenvalue weighted by molar-refractivity contribution is 7.10. The lowest BCUT2D eigenvalue weighted by Crippen LogP contribution is -2.26. The van der Waals surface area contributed by atoms with Crippen molar-refractivity contribution in [2.75, 3.05) is 10.6 Å². The molecular formula is C26H25N3O3S. The quantitative estimate of drug-likeness (QED) is 0.342. The Bertz CT molecular complexity index is 1310. The largest absolute Gasteiger partial charge is 0.372 e. The third-order valence-corrected chi connectivity index (χ3v) is 7.76. The van der Waals surface area contributed by atoms with Crippen LogP contribution in [0.25, 0.3) is 0 Å². The van der Waals surface area contributed by atoms with Gasteiger partial charge in [-0.3, -0.25) is 14.9 Å². The molecule has 2 atom stereocenters. The fraction of sp³-hybridized carbons (Fsp3) is 0.269. The van der Waals surface area contributed by atoms with E-state index in [-0.39, 0.29) is 22.3 Å². The minimum atomic E-state index is -0.466. The van der Waals surface area contributed by atoms with Crippen LogP contribution in [-0.2, 0) is 4.79 Å². The number of nitro groups is 1. The number of anilines is 2. The lowest BCUT2D eigenvalue weighted by Gasteiger charge is -2.29. The number of aryl methyl sites for hydroxylation is 3. The van der Waals surface area contributed by atoms with E-state index in [1.807, 2.05) is 17.5 Å². The van der Waals surface area contributed by atoms with E-state index in [1.165, 1.54) is 4.88 Å². The van der Waals surface area contributed by atoms with Crippen LogP contribution >= 0.6 is 11.3 Å². The summed E-state index contributed by atoms with van der Waals surface area (Å²) < 4.78 is 0. The van der Waals surface area contributed by atoms with Crippen molar-refractivity contribution in [3.8, 4) is 0 Å². The lowest BCUT2D eigenvalue weighted by molar-refractivity contribution is -0.385. The second-order valence-electron chi connectivity index (χ2n) is 8.92. The molecule has 0 unspecified atom stereocenters. The van der Waals surface area contributed by atoms with Gasteiger partial charge in [0.2, 0.25) is 0 Å². The smallest absolute Gasteiger partial charge is 0.272 e. The summed E-state index contributed by atoms with van der Waals surface area (Å²) in [5.74, 6) is 0.203. The Morgan fingerprint density at radius 1 is 1.00 bits per heavy atom. The summed E-state index contributed by atoms with van der Waals surface area (Å²) in [6, 6.07) is 13.1. The van der Waals surface area contributed by atoms with Crippen LogP contribution in [-0.4, -0.2) is 10.7 Å². The summed E-state index contributed by atoms with van der Waals surface area (Å²) in [6.45, 7) is 5.85. The zero-order valence-corrected chi connectivity index (χ0v) is 19.6. The highest BCUT2D eigenvalue weighted by Gasteiger charge is 2.37. The summed E-state index contributed by atoms with van der Waals surface area (Å²) in [7, 11) is 0. The number of nitrogens with one attached hydrogen (secondary N) is 2. The van der Waals surface area contributed by atoms with Crippen LogP contribution in [0, 0.1) is 30.9 Å². The molecule has 2 N–H and O–H groups in total. The number of carbonyl (C=O) groups is 1. The first-order valence-corrected chi connectivity index (χ1v) is 11.9. The van der Waals surface area contributed by atoms with Crippen molar-refractivity contribution in [3.63, 3.8) is 0 Å². The van der Waals surface area contributed by atoms with E-state index in [1.54, 1.807) is 30.4 Å². The zero-order chi connectivity index (χ0) is 23.3. The number of thiophene rings is 1. The number of carbonyl (C=O) groups excluding carboxylic acids is 1. The molecular weight excluding hydrogens is 434 g/mol. The molecule has 1 aliphatic heterocycles. The molecule has 5 rings (SSSR count). The third-order valence-electron chi connectivity index (χ3n) is 6.72. The molecule has 1 aromatic heterocycles. The highest BCUT2D eigenvalue weighted by atomic mass is 32.1. The number of nitro benzene ring substituents is 1. The predicted octanol–water partition coefficient (Wildman–Crippen LogP) is 6.56. The van der Waals surface area contributed by atoms with Crippen molar-refractivity contribution < 1.29 is 9.72 Å². The van der Waals surface area contributed by atoms with Crippen LogP contribution < -0.4 is 10.6 Å². The average molecular weight is 460 g/mol. The number of benzene rings is 2. The molecule has 168 valence electrons. The number of nitrogens with zero attached hydrogens (tertiary/aromatic N) is 1.